The molecule has 9 atom stereocenters. The molecule has 0 unspecified atom stereocenters. The Morgan fingerprint density at radius 3 is 1.84 bits per heavy atom. The minimum absolute atomic E-state index is 0.109. The van der Waals surface area contributed by atoms with Gasteiger partial charge in [0.05, 0.1) is 13.2 Å². The lowest BCUT2D eigenvalue weighted by Crippen LogP contribution is -2.62. The largest absolute Gasteiger partial charge is 0.456 e. The van der Waals surface area contributed by atoms with Crippen LogP contribution in [0.2, 0.25) is 0 Å². The van der Waals surface area contributed by atoms with Crippen LogP contribution >= 0.6 is 0 Å². The summed E-state index contributed by atoms with van der Waals surface area (Å²) >= 11 is 0. The number of ether oxygens (including phenoxy) is 4. The van der Waals surface area contributed by atoms with E-state index in [0.717, 1.165) is 19.3 Å². The summed E-state index contributed by atoms with van der Waals surface area (Å²) in [6.45, 7) is -0.159. The van der Waals surface area contributed by atoms with Gasteiger partial charge in [-0.1, -0.05) is 71.1 Å². The number of carbonyl (C=O) groups is 1. The Hall–Kier alpha value is -0.930. The third-order valence-corrected chi connectivity index (χ3v) is 7.30. The first-order valence-corrected chi connectivity index (χ1v) is 14.0. The first-order chi connectivity index (χ1) is 18.2. The monoisotopic (exact) mass is 552 g/mol. The average Bonchev–Trinajstić information content (AvgIpc) is 3.18. The van der Waals surface area contributed by atoms with Crippen molar-refractivity contribution < 1.29 is 59.5 Å². The van der Waals surface area contributed by atoms with Crippen molar-refractivity contribution in [2.24, 2.45) is 0 Å². The maximum absolute atomic E-state index is 12.4. The molecule has 0 saturated carbocycles. The van der Waals surface area contributed by atoms with Crippen molar-refractivity contribution in [1.82, 2.24) is 0 Å². The Balaban J connectivity index is 1.81. The fourth-order valence-corrected chi connectivity index (χ4v) is 4.90. The van der Waals surface area contributed by atoms with Gasteiger partial charge in [-0.3, -0.25) is 4.79 Å². The molecule has 7 N–H and O–H groups in total. The van der Waals surface area contributed by atoms with Gasteiger partial charge in [-0.25, -0.2) is 0 Å². The topological polar surface area (TPSA) is 196 Å². The number of hydrogen-bond donors (Lipinski definition) is 7. The first kappa shape index (κ1) is 33.3. The zero-order chi connectivity index (χ0) is 28.1. The van der Waals surface area contributed by atoms with Crippen LogP contribution in [-0.2, 0) is 23.7 Å². The number of hydrogen-bond acceptors (Lipinski definition) is 12. The number of aliphatic hydroxyl groups is 7. The lowest BCUT2D eigenvalue weighted by atomic mass is 9.99. The fraction of sp³-hybridized carbons (Fsp3) is 0.962. The number of carbonyl (C=O) groups excluding carboxylic acids is 1. The molecule has 2 saturated heterocycles. The van der Waals surface area contributed by atoms with E-state index in [0.29, 0.717) is 6.42 Å². The third-order valence-electron chi connectivity index (χ3n) is 7.30. The summed E-state index contributed by atoms with van der Waals surface area (Å²) in [5.74, 6) is -2.88. The predicted molar refractivity (Wildman–Crippen MR) is 134 cm³/mol. The Labute approximate surface area is 224 Å². The lowest BCUT2D eigenvalue weighted by molar-refractivity contribution is -0.383. The third kappa shape index (κ3) is 9.05. The maximum Gasteiger partial charge on any atom is 0.306 e. The second-order valence-electron chi connectivity index (χ2n) is 10.3. The molecule has 2 aliphatic rings. The second kappa shape index (κ2) is 17.0. The molecule has 0 radical (unpaired) electrons. The average molecular weight is 553 g/mol. The maximum atomic E-state index is 12.4. The summed E-state index contributed by atoms with van der Waals surface area (Å²) in [5, 5.41) is 70.1. The van der Waals surface area contributed by atoms with Crippen molar-refractivity contribution in [3.63, 3.8) is 0 Å². The smallest absolute Gasteiger partial charge is 0.306 e. The Morgan fingerprint density at radius 1 is 0.763 bits per heavy atom. The minimum atomic E-state index is -2.28. The van der Waals surface area contributed by atoms with Gasteiger partial charge in [0.25, 0.3) is 0 Å². The van der Waals surface area contributed by atoms with Gasteiger partial charge in [0, 0.05) is 6.42 Å². The van der Waals surface area contributed by atoms with Gasteiger partial charge in [-0.05, 0) is 6.42 Å². The predicted octanol–water partition coefficient (Wildman–Crippen LogP) is -0.144. The van der Waals surface area contributed by atoms with E-state index in [1.54, 1.807) is 0 Å². The lowest BCUT2D eigenvalue weighted by Gasteiger charge is -2.43. The molecule has 0 aliphatic carbocycles. The molecule has 0 bridgehead atoms. The summed E-state index contributed by atoms with van der Waals surface area (Å²) in [6.07, 6.45) is -0.131. The van der Waals surface area contributed by atoms with Crippen molar-refractivity contribution in [3.8, 4) is 0 Å². The SMILES string of the molecule is CCCCCCCCCCCCCC(=O)O[C@@H]1[C@@H](CO)O[C@@](CO)(O[C@H]2O[C@H](CO)[C@@H](O)[C@H](O)[C@H]2O)[C@H]1O. The van der Waals surface area contributed by atoms with Gasteiger partial charge in [0.2, 0.25) is 5.79 Å². The van der Waals surface area contributed by atoms with Crippen LogP contribution in [0.4, 0.5) is 0 Å². The van der Waals surface area contributed by atoms with E-state index in [2.05, 4.69) is 6.92 Å². The molecule has 12 nitrogen and oxygen atoms in total. The molecule has 2 fully saturated rings. The van der Waals surface area contributed by atoms with E-state index in [-0.39, 0.29) is 6.42 Å². The zero-order valence-electron chi connectivity index (χ0n) is 22.4. The Bertz CT molecular complexity index is 664. The van der Waals surface area contributed by atoms with Crippen LogP contribution in [0.25, 0.3) is 0 Å². The minimum Gasteiger partial charge on any atom is -0.456 e. The van der Waals surface area contributed by atoms with Gasteiger partial charge in [-0.15, -0.1) is 0 Å². The quantitative estimate of drug-likeness (QED) is 0.0879. The molecular formula is C26H48O12. The van der Waals surface area contributed by atoms with Crippen LogP contribution in [0.1, 0.15) is 84.0 Å². The van der Waals surface area contributed by atoms with E-state index < -0.39 is 80.6 Å². The standard InChI is InChI=1S/C26H48O12/c1-2-3-4-5-6-7-8-9-10-11-12-13-19(30)36-23-18(15-28)37-26(16-29,24(23)34)38-25-22(33)21(32)20(31)17(14-27)35-25/h17-18,20-25,27-29,31-34H,2-16H2,1H3/t17-,18-,20-,21+,22-,23-,24+,25-,26+/m1/s1. The van der Waals surface area contributed by atoms with Gasteiger partial charge in [0.1, 0.15) is 43.2 Å². The molecule has 2 heterocycles. The van der Waals surface area contributed by atoms with Crippen molar-refractivity contribution >= 4 is 5.97 Å². The van der Waals surface area contributed by atoms with Gasteiger partial charge in [0.15, 0.2) is 12.4 Å². The number of esters is 1. The highest BCUT2D eigenvalue weighted by Crippen LogP contribution is 2.37. The van der Waals surface area contributed by atoms with Crippen molar-refractivity contribution in [2.75, 3.05) is 19.8 Å². The van der Waals surface area contributed by atoms with Crippen LogP contribution < -0.4 is 0 Å². The number of rotatable bonds is 18. The van der Waals surface area contributed by atoms with Crippen LogP contribution in [-0.4, -0.2) is 116 Å². The molecule has 2 rings (SSSR count). The van der Waals surface area contributed by atoms with Crippen LogP contribution in [0.5, 0.6) is 0 Å². The number of unbranched alkanes of at least 4 members (excludes halogenated alkanes) is 10. The van der Waals surface area contributed by atoms with Crippen LogP contribution in [0, 0.1) is 0 Å². The molecule has 0 spiro atoms. The molecule has 0 aromatic carbocycles. The van der Waals surface area contributed by atoms with Crippen LogP contribution in [0.15, 0.2) is 0 Å². The molecule has 2 aliphatic heterocycles. The molecule has 0 aromatic rings. The van der Waals surface area contributed by atoms with E-state index >= 15 is 0 Å². The fourth-order valence-electron chi connectivity index (χ4n) is 4.90. The summed E-state index contributed by atoms with van der Waals surface area (Å²) in [7, 11) is 0. The molecule has 224 valence electrons. The summed E-state index contributed by atoms with van der Waals surface area (Å²) in [4.78, 5) is 12.4. The van der Waals surface area contributed by atoms with Crippen molar-refractivity contribution in [1.29, 1.82) is 0 Å². The first-order valence-electron chi connectivity index (χ1n) is 14.0. The molecule has 0 amide bonds. The summed E-state index contributed by atoms with van der Waals surface area (Å²) < 4.78 is 21.7. The zero-order valence-corrected chi connectivity index (χ0v) is 22.4. The summed E-state index contributed by atoms with van der Waals surface area (Å²) in [5.41, 5.74) is 0. The Morgan fingerprint density at radius 2 is 1.32 bits per heavy atom. The Kier molecular flexibility index (Phi) is 14.9. The normalized spacial score (nSPS) is 35.5. The van der Waals surface area contributed by atoms with Gasteiger partial charge >= 0.3 is 5.97 Å². The highest BCUT2D eigenvalue weighted by Gasteiger charge is 2.60. The molecule has 12 heteroatoms. The molecule has 0 aromatic heterocycles. The van der Waals surface area contributed by atoms with Crippen molar-refractivity contribution in [3.05, 3.63) is 0 Å². The van der Waals surface area contributed by atoms with Gasteiger partial charge in [-0.2, -0.15) is 0 Å². The van der Waals surface area contributed by atoms with Crippen LogP contribution in [0.3, 0.4) is 0 Å². The summed E-state index contributed by atoms with van der Waals surface area (Å²) in [6, 6.07) is 0. The van der Waals surface area contributed by atoms with E-state index in [1.807, 2.05) is 0 Å². The van der Waals surface area contributed by atoms with Crippen molar-refractivity contribution in [2.45, 2.75) is 139 Å². The highest BCUT2D eigenvalue weighted by atomic mass is 16.8. The number of aliphatic hydroxyl groups excluding tert-OH is 7. The molecular weight excluding hydrogens is 504 g/mol. The highest BCUT2D eigenvalue weighted by molar-refractivity contribution is 5.69. The second-order valence-corrected chi connectivity index (χ2v) is 10.3. The van der Waals surface area contributed by atoms with E-state index in [9.17, 15) is 40.5 Å². The van der Waals surface area contributed by atoms with Gasteiger partial charge < -0.3 is 54.7 Å². The van der Waals surface area contributed by atoms with E-state index in [4.69, 9.17) is 18.9 Å². The molecule has 38 heavy (non-hydrogen) atoms. The van der Waals surface area contributed by atoms with E-state index in [1.165, 1.54) is 44.9 Å².